The molecule has 0 atom stereocenters. The molecule has 0 saturated carbocycles. The molecule has 2 amide bonds. The fourth-order valence-electron chi connectivity index (χ4n) is 7.86. The number of nitrogens with zero attached hydrogens (tertiary/aromatic N) is 2. The molecule has 8 nitrogen and oxygen atoms in total. The average Bonchev–Trinajstić information content (AvgIpc) is 3.18. The van der Waals surface area contributed by atoms with Gasteiger partial charge in [-0.3, -0.25) is 9.59 Å². The fraction of sp³-hybridized carbons (Fsp3) is 0.409. The highest BCUT2D eigenvalue weighted by molar-refractivity contribution is 7.89. The van der Waals surface area contributed by atoms with Crippen molar-refractivity contribution >= 4 is 21.8 Å². The second-order valence-electron chi connectivity index (χ2n) is 14.9. The highest BCUT2D eigenvalue weighted by atomic mass is 32.2. The second kappa shape index (κ2) is 18.6. The molecular formula is C44H54N4O4S. The van der Waals surface area contributed by atoms with Crippen molar-refractivity contribution in [2.24, 2.45) is 17.0 Å². The number of aryl methyl sites for hydroxylation is 1. The number of benzene rings is 4. The van der Waals surface area contributed by atoms with Crippen LogP contribution >= 0.6 is 0 Å². The van der Waals surface area contributed by atoms with Gasteiger partial charge in [0.1, 0.15) is 0 Å². The number of carbonyl (C=O) groups is 2. The minimum atomic E-state index is -3.81. The number of rotatable bonds is 15. The Labute approximate surface area is 315 Å². The third-order valence-corrected chi connectivity index (χ3v) is 11.9. The van der Waals surface area contributed by atoms with Crippen LogP contribution in [0.15, 0.2) is 108 Å². The van der Waals surface area contributed by atoms with Crippen LogP contribution in [0.25, 0.3) is 11.1 Å². The Morgan fingerprint density at radius 3 is 2.02 bits per heavy atom. The van der Waals surface area contributed by atoms with E-state index in [-0.39, 0.29) is 16.7 Å². The number of likely N-dealkylation sites (tertiary alicyclic amines) is 1. The van der Waals surface area contributed by atoms with Gasteiger partial charge < -0.3 is 15.1 Å². The summed E-state index contributed by atoms with van der Waals surface area (Å²) in [6, 6.07) is 32.6. The Morgan fingerprint density at radius 2 is 1.32 bits per heavy atom. The van der Waals surface area contributed by atoms with Crippen LogP contribution in [0.1, 0.15) is 84.8 Å². The molecule has 0 spiro atoms. The quantitative estimate of drug-likeness (QED) is 0.131. The number of sulfonamides is 1. The molecule has 9 heteroatoms. The molecule has 53 heavy (non-hydrogen) atoms. The fourth-order valence-corrected chi connectivity index (χ4v) is 8.37. The van der Waals surface area contributed by atoms with Gasteiger partial charge in [0.2, 0.25) is 15.9 Å². The third-order valence-electron chi connectivity index (χ3n) is 11.0. The Balaban J connectivity index is 1.09. The molecular weight excluding hydrogens is 681 g/mol. The summed E-state index contributed by atoms with van der Waals surface area (Å²) in [4.78, 5) is 31.2. The average molecular weight is 735 g/mol. The first kappa shape index (κ1) is 38.4. The van der Waals surface area contributed by atoms with E-state index in [4.69, 9.17) is 5.14 Å². The molecule has 2 fully saturated rings. The summed E-state index contributed by atoms with van der Waals surface area (Å²) in [6.45, 7) is 4.68. The van der Waals surface area contributed by atoms with E-state index in [9.17, 15) is 18.0 Å². The van der Waals surface area contributed by atoms with E-state index in [0.29, 0.717) is 31.0 Å². The lowest BCUT2D eigenvalue weighted by Gasteiger charge is -2.32. The van der Waals surface area contributed by atoms with Crippen LogP contribution in [-0.4, -0.2) is 56.2 Å². The summed E-state index contributed by atoms with van der Waals surface area (Å²) >= 11 is 0. The van der Waals surface area contributed by atoms with Crippen molar-refractivity contribution in [2.75, 3.05) is 26.2 Å². The highest BCUT2D eigenvalue weighted by Crippen LogP contribution is 2.28. The van der Waals surface area contributed by atoms with Gasteiger partial charge in [-0.05, 0) is 122 Å². The van der Waals surface area contributed by atoms with Crippen LogP contribution in [0.5, 0.6) is 0 Å². The summed E-state index contributed by atoms with van der Waals surface area (Å²) in [5.41, 5.74) is 5.64. The second-order valence-corrected chi connectivity index (χ2v) is 16.5. The van der Waals surface area contributed by atoms with E-state index in [0.717, 1.165) is 80.0 Å². The van der Waals surface area contributed by atoms with E-state index in [1.165, 1.54) is 49.8 Å². The molecule has 4 aromatic rings. The van der Waals surface area contributed by atoms with Gasteiger partial charge in [-0.1, -0.05) is 92.1 Å². The number of piperidine rings is 2. The molecule has 0 unspecified atom stereocenters. The number of hydrogen-bond donors (Lipinski definition) is 2. The zero-order valence-corrected chi connectivity index (χ0v) is 31.6. The normalized spacial score (nSPS) is 15.7. The number of nitrogens with one attached hydrogen (secondary N) is 1. The van der Waals surface area contributed by atoms with Crippen molar-refractivity contribution in [3.8, 4) is 11.1 Å². The van der Waals surface area contributed by atoms with Crippen LogP contribution in [0.3, 0.4) is 0 Å². The topological polar surface area (TPSA) is 113 Å². The third kappa shape index (κ3) is 11.3. The van der Waals surface area contributed by atoms with Gasteiger partial charge in [0, 0.05) is 38.2 Å². The lowest BCUT2D eigenvalue weighted by molar-refractivity contribution is -0.132. The summed E-state index contributed by atoms with van der Waals surface area (Å²) < 4.78 is 23.6. The maximum atomic E-state index is 13.7. The maximum absolute atomic E-state index is 13.7. The molecule has 0 radical (unpaired) electrons. The summed E-state index contributed by atoms with van der Waals surface area (Å²) in [5.74, 6) is 1.72. The van der Waals surface area contributed by atoms with Crippen LogP contribution in [-0.2, 0) is 34.3 Å². The molecule has 2 heterocycles. The molecule has 280 valence electrons. The zero-order valence-electron chi connectivity index (χ0n) is 30.8. The Morgan fingerprint density at radius 1 is 0.698 bits per heavy atom. The number of amides is 2. The molecule has 6 rings (SSSR count). The predicted molar refractivity (Wildman–Crippen MR) is 211 cm³/mol. The zero-order chi connectivity index (χ0) is 37.0. The van der Waals surface area contributed by atoms with Crippen LogP contribution in [0.2, 0.25) is 0 Å². The highest BCUT2D eigenvalue weighted by Gasteiger charge is 2.24. The SMILES string of the molecule is NS(=O)(=O)c1ccc(CN(Cc2cccc(-c3cccc(C(=O)N4CCC(CCCC5CCNCC5)CC4)c3)c2)C(=O)CCCc2ccccc2)cc1. The van der Waals surface area contributed by atoms with Crippen molar-refractivity contribution in [3.05, 3.63) is 125 Å². The molecule has 3 N–H and O–H groups in total. The van der Waals surface area contributed by atoms with Gasteiger partial charge in [0.05, 0.1) is 4.90 Å². The monoisotopic (exact) mass is 734 g/mol. The van der Waals surface area contributed by atoms with E-state index in [1.54, 1.807) is 12.1 Å². The smallest absolute Gasteiger partial charge is 0.253 e. The molecule has 2 aliphatic rings. The van der Waals surface area contributed by atoms with Gasteiger partial charge >= 0.3 is 0 Å². The number of nitrogens with two attached hydrogens (primary N) is 1. The molecule has 0 bridgehead atoms. The van der Waals surface area contributed by atoms with Crippen LogP contribution in [0.4, 0.5) is 0 Å². The van der Waals surface area contributed by atoms with Crippen molar-refractivity contribution in [3.63, 3.8) is 0 Å². The molecule has 2 aliphatic heterocycles. The molecule has 0 aliphatic carbocycles. The van der Waals surface area contributed by atoms with Gasteiger partial charge in [-0.25, -0.2) is 13.6 Å². The molecule has 4 aromatic carbocycles. The van der Waals surface area contributed by atoms with Crippen molar-refractivity contribution in [1.29, 1.82) is 0 Å². The first-order valence-corrected chi connectivity index (χ1v) is 20.9. The molecule has 0 aromatic heterocycles. The van der Waals surface area contributed by atoms with E-state index < -0.39 is 10.0 Å². The predicted octanol–water partition coefficient (Wildman–Crippen LogP) is 7.57. The Kier molecular flexibility index (Phi) is 13.5. The first-order chi connectivity index (χ1) is 25.7. The summed E-state index contributed by atoms with van der Waals surface area (Å²) in [6.07, 6.45) is 10.6. The van der Waals surface area contributed by atoms with Gasteiger partial charge in [-0.15, -0.1) is 0 Å². The summed E-state index contributed by atoms with van der Waals surface area (Å²) in [7, 11) is -3.81. The first-order valence-electron chi connectivity index (χ1n) is 19.3. The van der Waals surface area contributed by atoms with E-state index in [2.05, 4.69) is 23.5 Å². The minimum absolute atomic E-state index is 0.0278. The Hall–Kier alpha value is -4.31. The lowest BCUT2D eigenvalue weighted by Crippen LogP contribution is -2.38. The van der Waals surface area contributed by atoms with Gasteiger partial charge in [0.15, 0.2) is 0 Å². The van der Waals surface area contributed by atoms with Crippen molar-refractivity contribution in [2.45, 2.75) is 82.2 Å². The Bertz CT molecular complexity index is 1900. The van der Waals surface area contributed by atoms with E-state index in [1.807, 2.05) is 70.5 Å². The van der Waals surface area contributed by atoms with Crippen molar-refractivity contribution < 1.29 is 18.0 Å². The summed E-state index contributed by atoms with van der Waals surface area (Å²) in [5, 5.41) is 8.78. The number of hydrogen-bond acceptors (Lipinski definition) is 5. The molecule has 2 saturated heterocycles. The van der Waals surface area contributed by atoms with Crippen LogP contribution < -0.4 is 10.5 Å². The van der Waals surface area contributed by atoms with Gasteiger partial charge in [-0.2, -0.15) is 0 Å². The van der Waals surface area contributed by atoms with Gasteiger partial charge in [0.25, 0.3) is 5.91 Å². The minimum Gasteiger partial charge on any atom is -0.339 e. The largest absolute Gasteiger partial charge is 0.339 e. The number of primary sulfonamides is 1. The van der Waals surface area contributed by atoms with E-state index >= 15 is 0 Å². The maximum Gasteiger partial charge on any atom is 0.253 e. The standard InChI is InChI=1S/C44H54N4O4S/c45-53(51,52)42-20-18-37(19-21-42)32-48(43(49)17-6-12-34-8-2-1-3-9-34)33-38-13-5-14-39(30-38)40-15-7-16-41(31-40)44(50)47-28-24-36(25-29-47)11-4-10-35-22-26-46-27-23-35/h1-3,5,7-9,13-16,18-21,30-31,35-36,46H,4,6,10-12,17,22-29,32-33H2,(H2,45,51,52). The van der Waals surface area contributed by atoms with Crippen molar-refractivity contribution in [1.82, 2.24) is 15.1 Å². The number of carbonyl (C=O) groups excluding carboxylic acids is 2. The van der Waals surface area contributed by atoms with Crippen LogP contribution in [0, 0.1) is 11.8 Å². The lowest BCUT2D eigenvalue weighted by atomic mass is 9.87.